The van der Waals surface area contributed by atoms with Gasteiger partial charge in [0.15, 0.2) is 18.1 Å². The van der Waals surface area contributed by atoms with Crippen LogP contribution in [0.2, 0.25) is 0 Å². The zero-order valence-corrected chi connectivity index (χ0v) is 14.8. The predicted molar refractivity (Wildman–Crippen MR) is 99.6 cm³/mol. The molecule has 3 rings (SSSR count). The zero-order valence-electron chi connectivity index (χ0n) is 14.8. The molecule has 0 saturated carbocycles. The molecule has 0 saturated heterocycles. The SMILES string of the molecule is COc1ccccc1OCC(=O)N(Cc1ccco1)c1ccc(C)cc1. The maximum Gasteiger partial charge on any atom is 0.265 e. The minimum atomic E-state index is -0.170. The molecule has 5 nitrogen and oxygen atoms in total. The molecule has 5 heteroatoms. The second kappa shape index (κ2) is 8.25. The summed E-state index contributed by atoms with van der Waals surface area (Å²) in [5.74, 6) is 1.66. The number of carbonyl (C=O) groups excluding carboxylic acids is 1. The molecule has 1 aromatic heterocycles. The molecule has 0 aliphatic heterocycles. The monoisotopic (exact) mass is 351 g/mol. The predicted octanol–water partition coefficient (Wildman–Crippen LogP) is 4.21. The van der Waals surface area contributed by atoms with Crippen molar-refractivity contribution in [1.29, 1.82) is 0 Å². The van der Waals surface area contributed by atoms with Gasteiger partial charge in [-0.3, -0.25) is 4.79 Å². The fourth-order valence-electron chi connectivity index (χ4n) is 2.56. The molecule has 1 amide bonds. The van der Waals surface area contributed by atoms with Crippen molar-refractivity contribution < 1.29 is 18.7 Å². The summed E-state index contributed by atoms with van der Waals surface area (Å²) in [6.45, 7) is 2.24. The smallest absolute Gasteiger partial charge is 0.265 e. The van der Waals surface area contributed by atoms with Crippen molar-refractivity contribution in [3.63, 3.8) is 0 Å². The summed E-state index contributed by atoms with van der Waals surface area (Å²) in [5.41, 5.74) is 1.92. The average Bonchev–Trinajstić information content (AvgIpc) is 3.18. The molecular formula is C21H21NO4. The third kappa shape index (κ3) is 4.25. The quantitative estimate of drug-likeness (QED) is 0.640. The Kier molecular flexibility index (Phi) is 5.59. The minimum absolute atomic E-state index is 0.102. The van der Waals surface area contributed by atoms with Crippen molar-refractivity contribution in [3.05, 3.63) is 78.3 Å². The summed E-state index contributed by atoms with van der Waals surface area (Å²) >= 11 is 0. The minimum Gasteiger partial charge on any atom is -0.493 e. The topological polar surface area (TPSA) is 51.9 Å². The first-order valence-corrected chi connectivity index (χ1v) is 8.32. The van der Waals surface area contributed by atoms with E-state index in [0.717, 1.165) is 11.3 Å². The summed E-state index contributed by atoms with van der Waals surface area (Å²) in [7, 11) is 1.57. The van der Waals surface area contributed by atoms with Gasteiger partial charge in [-0.15, -0.1) is 0 Å². The Hall–Kier alpha value is -3.21. The number of methoxy groups -OCH3 is 1. The molecule has 0 N–H and O–H groups in total. The number of hydrogen-bond donors (Lipinski definition) is 0. The first kappa shape index (κ1) is 17.6. The largest absolute Gasteiger partial charge is 0.493 e. The van der Waals surface area contributed by atoms with E-state index < -0.39 is 0 Å². The van der Waals surface area contributed by atoms with Crippen LogP contribution in [0, 0.1) is 6.92 Å². The van der Waals surface area contributed by atoms with Crippen LogP contribution in [0.15, 0.2) is 71.3 Å². The van der Waals surface area contributed by atoms with Crippen LogP contribution < -0.4 is 14.4 Å². The molecule has 0 spiro atoms. The Morgan fingerprint density at radius 2 is 1.73 bits per heavy atom. The number of furan rings is 1. The van der Waals surface area contributed by atoms with E-state index in [1.165, 1.54) is 0 Å². The number of aryl methyl sites for hydroxylation is 1. The van der Waals surface area contributed by atoms with E-state index in [9.17, 15) is 4.79 Å². The number of rotatable bonds is 7. The van der Waals surface area contributed by atoms with Crippen LogP contribution in [0.1, 0.15) is 11.3 Å². The highest BCUT2D eigenvalue weighted by Gasteiger charge is 2.19. The third-order valence-corrected chi connectivity index (χ3v) is 3.96. The van der Waals surface area contributed by atoms with Gasteiger partial charge in [-0.05, 0) is 43.3 Å². The fourth-order valence-corrected chi connectivity index (χ4v) is 2.56. The van der Waals surface area contributed by atoms with Crippen LogP contribution in [0.25, 0.3) is 0 Å². The first-order chi connectivity index (χ1) is 12.7. The van der Waals surface area contributed by atoms with Gasteiger partial charge >= 0.3 is 0 Å². The Balaban J connectivity index is 1.77. The molecular weight excluding hydrogens is 330 g/mol. The van der Waals surface area contributed by atoms with Crippen LogP contribution >= 0.6 is 0 Å². The Labute approximate surface area is 152 Å². The fraction of sp³-hybridized carbons (Fsp3) is 0.190. The number of amides is 1. The van der Waals surface area contributed by atoms with Crippen LogP contribution in [0.3, 0.4) is 0 Å². The lowest BCUT2D eigenvalue weighted by Crippen LogP contribution is -2.34. The number of nitrogens with zero attached hydrogens (tertiary/aromatic N) is 1. The summed E-state index contributed by atoms with van der Waals surface area (Å²) < 4.78 is 16.3. The molecule has 0 unspecified atom stereocenters. The van der Waals surface area contributed by atoms with Crippen molar-refractivity contribution in [2.75, 3.05) is 18.6 Å². The number of hydrogen-bond acceptors (Lipinski definition) is 4. The number of carbonyl (C=O) groups is 1. The Morgan fingerprint density at radius 3 is 2.38 bits per heavy atom. The Morgan fingerprint density at radius 1 is 1.00 bits per heavy atom. The van der Waals surface area contributed by atoms with Gasteiger partial charge in [0, 0.05) is 5.69 Å². The Bertz CT molecular complexity index is 841. The van der Waals surface area contributed by atoms with Crippen LogP contribution in [0.4, 0.5) is 5.69 Å². The van der Waals surface area contributed by atoms with Crippen molar-refractivity contribution in [2.45, 2.75) is 13.5 Å². The van der Waals surface area contributed by atoms with E-state index in [0.29, 0.717) is 23.8 Å². The molecule has 0 fully saturated rings. The molecule has 134 valence electrons. The van der Waals surface area contributed by atoms with Crippen molar-refractivity contribution in [1.82, 2.24) is 0 Å². The van der Waals surface area contributed by atoms with Crippen LogP contribution in [-0.2, 0) is 11.3 Å². The molecule has 0 atom stereocenters. The zero-order chi connectivity index (χ0) is 18.4. The number of anilines is 1. The standard InChI is InChI=1S/C21H21NO4/c1-16-9-11-17(12-10-16)22(14-18-6-5-13-25-18)21(23)15-26-20-8-4-3-7-19(20)24-2/h3-13H,14-15H2,1-2H3. The first-order valence-electron chi connectivity index (χ1n) is 8.32. The molecule has 2 aromatic carbocycles. The lowest BCUT2D eigenvalue weighted by Gasteiger charge is -2.22. The molecule has 0 aliphatic carbocycles. The number of benzene rings is 2. The second-order valence-electron chi connectivity index (χ2n) is 5.83. The van der Waals surface area contributed by atoms with Gasteiger partial charge < -0.3 is 18.8 Å². The normalized spacial score (nSPS) is 10.4. The molecule has 26 heavy (non-hydrogen) atoms. The van der Waals surface area contributed by atoms with Gasteiger partial charge in [0.25, 0.3) is 5.91 Å². The maximum atomic E-state index is 12.8. The van der Waals surface area contributed by atoms with Gasteiger partial charge in [-0.1, -0.05) is 29.8 Å². The van der Waals surface area contributed by atoms with Gasteiger partial charge in [0.1, 0.15) is 5.76 Å². The second-order valence-corrected chi connectivity index (χ2v) is 5.83. The van der Waals surface area contributed by atoms with Crippen LogP contribution in [0.5, 0.6) is 11.5 Å². The van der Waals surface area contributed by atoms with E-state index in [4.69, 9.17) is 13.9 Å². The lowest BCUT2D eigenvalue weighted by atomic mass is 10.2. The molecule has 0 radical (unpaired) electrons. The lowest BCUT2D eigenvalue weighted by molar-refractivity contribution is -0.120. The van der Waals surface area contributed by atoms with Crippen molar-refractivity contribution in [3.8, 4) is 11.5 Å². The maximum absolute atomic E-state index is 12.8. The molecule has 0 aliphatic rings. The van der Waals surface area contributed by atoms with Gasteiger partial charge in [-0.25, -0.2) is 0 Å². The summed E-state index contributed by atoms with van der Waals surface area (Å²) in [6, 6.07) is 18.7. The number of para-hydroxylation sites is 2. The highest BCUT2D eigenvalue weighted by Crippen LogP contribution is 2.26. The highest BCUT2D eigenvalue weighted by atomic mass is 16.5. The summed E-state index contributed by atoms with van der Waals surface area (Å²) in [4.78, 5) is 14.5. The summed E-state index contributed by atoms with van der Waals surface area (Å²) in [5, 5.41) is 0. The van der Waals surface area contributed by atoms with E-state index in [1.54, 1.807) is 36.5 Å². The van der Waals surface area contributed by atoms with E-state index >= 15 is 0 Å². The van der Waals surface area contributed by atoms with Crippen molar-refractivity contribution >= 4 is 11.6 Å². The molecule has 1 heterocycles. The van der Waals surface area contributed by atoms with Crippen LogP contribution in [-0.4, -0.2) is 19.6 Å². The van der Waals surface area contributed by atoms with E-state index in [1.807, 2.05) is 49.4 Å². The molecule has 3 aromatic rings. The number of ether oxygens (including phenoxy) is 2. The van der Waals surface area contributed by atoms with E-state index in [-0.39, 0.29) is 12.5 Å². The molecule has 0 bridgehead atoms. The summed E-state index contributed by atoms with van der Waals surface area (Å²) in [6.07, 6.45) is 1.60. The highest BCUT2D eigenvalue weighted by molar-refractivity contribution is 5.94. The van der Waals surface area contributed by atoms with E-state index in [2.05, 4.69) is 0 Å². The average molecular weight is 351 g/mol. The van der Waals surface area contributed by atoms with Gasteiger partial charge in [0.2, 0.25) is 0 Å². The van der Waals surface area contributed by atoms with Gasteiger partial charge in [-0.2, -0.15) is 0 Å². The third-order valence-electron chi connectivity index (χ3n) is 3.96. The van der Waals surface area contributed by atoms with Crippen molar-refractivity contribution in [2.24, 2.45) is 0 Å². The van der Waals surface area contributed by atoms with Gasteiger partial charge in [0.05, 0.1) is 19.9 Å².